The molecule has 1 heterocycles. The number of benzene rings is 2. The van der Waals surface area contributed by atoms with E-state index in [-0.39, 0.29) is 35.8 Å². The van der Waals surface area contributed by atoms with Gasteiger partial charge in [-0.15, -0.1) is 0 Å². The smallest absolute Gasteiger partial charge is 0.227 e. The van der Waals surface area contributed by atoms with E-state index in [0.29, 0.717) is 42.7 Å². The van der Waals surface area contributed by atoms with Gasteiger partial charge in [0.15, 0.2) is 5.78 Å². The molecule has 2 aromatic carbocycles. The van der Waals surface area contributed by atoms with Gasteiger partial charge in [-0.2, -0.15) is 0 Å². The SMILES string of the molecule is CC(=O)c1cccc(NC(=O)C2CCN(C(=O)Cc3cccc(F)c3)CC2)c1. The molecule has 6 heteroatoms. The maximum atomic E-state index is 13.3. The third-order valence-electron chi connectivity index (χ3n) is 5.00. The Hall–Kier alpha value is -3.02. The first-order valence-corrected chi connectivity index (χ1v) is 9.36. The molecule has 0 aliphatic carbocycles. The number of hydrogen-bond donors (Lipinski definition) is 1. The molecule has 0 bridgehead atoms. The molecule has 0 unspecified atom stereocenters. The molecule has 3 rings (SSSR count). The zero-order valence-corrected chi connectivity index (χ0v) is 15.8. The predicted molar refractivity (Wildman–Crippen MR) is 104 cm³/mol. The second-order valence-electron chi connectivity index (χ2n) is 7.09. The van der Waals surface area contributed by atoms with Crippen LogP contribution in [0.1, 0.15) is 35.7 Å². The van der Waals surface area contributed by atoms with E-state index in [9.17, 15) is 18.8 Å². The Labute approximate surface area is 163 Å². The molecule has 28 heavy (non-hydrogen) atoms. The van der Waals surface area contributed by atoms with Crippen LogP contribution in [-0.2, 0) is 16.0 Å². The average Bonchev–Trinajstić information content (AvgIpc) is 2.68. The van der Waals surface area contributed by atoms with Gasteiger partial charge in [0.1, 0.15) is 5.82 Å². The van der Waals surface area contributed by atoms with E-state index in [1.54, 1.807) is 41.3 Å². The molecular formula is C22H23FN2O3. The maximum Gasteiger partial charge on any atom is 0.227 e. The Morgan fingerprint density at radius 3 is 2.46 bits per heavy atom. The standard InChI is InChI=1S/C22H23FN2O3/c1-15(26)18-5-3-7-20(14-18)24-22(28)17-8-10-25(11-9-17)21(27)13-16-4-2-6-19(23)12-16/h2-7,12,14,17H,8-11,13H2,1H3,(H,24,28). The molecule has 0 atom stereocenters. The fourth-order valence-electron chi connectivity index (χ4n) is 3.38. The van der Waals surface area contributed by atoms with Crippen molar-refractivity contribution in [1.29, 1.82) is 0 Å². The highest BCUT2D eigenvalue weighted by molar-refractivity contribution is 5.97. The lowest BCUT2D eigenvalue weighted by molar-refractivity contribution is -0.133. The number of amides is 2. The van der Waals surface area contributed by atoms with Crippen LogP contribution < -0.4 is 5.32 Å². The number of nitrogens with one attached hydrogen (secondary N) is 1. The van der Waals surface area contributed by atoms with Crippen LogP contribution in [0.2, 0.25) is 0 Å². The monoisotopic (exact) mass is 382 g/mol. The van der Waals surface area contributed by atoms with Crippen LogP contribution in [0.3, 0.4) is 0 Å². The molecule has 1 N–H and O–H groups in total. The molecular weight excluding hydrogens is 359 g/mol. The number of Topliss-reactive ketones (excluding diaryl/α,β-unsaturated/α-hetero) is 1. The van der Waals surface area contributed by atoms with Crippen molar-refractivity contribution in [2.24, 2.45) is 5.92 Å². The molecule has 1 aliphatic rings. The third kappa shape index (κ3) is 5.03. The molecule has 0 saturated carbocycles. The minimum absolute atomic E-state index is 0.0544. The Kier molecular flexibility index (Phi) is 6.19. The number of ketones is 1. The van der Waals surface area contributed by atoms with Crippen LogP contribution in [0.4, 0.5) is 10.1 Å². The zero-order chi connectivity index (χ0) is 20.1. The number of piperidine rings is 1. The molecule has 0 aromatic heterocycles. The van der Waals surface area contributed by atoms with Crippen molar-refractivity contribution in [3.63, 3.8) is 0 Å². The van der Waals surface area contributed by atoms with Crippen LogP contribution >= 0.6 is 0 Å². The number of likely N-dealkylation sites (tertiary alicyclic amines) is 1. The highest BCUT2D eigenvalue weighted by Crippen LogP contribution is 2.21. The van der Waals surface area contributed by atoms with Gasteiger partial charge in [-0.3, -0.25) is 14.4 Å². The fraction of sp³-hybridized carbons (Fsp3) is 0.318. The largest absolute Gasteiger partial charge is 0.342 e. The third-order valence-corrected chi connectivity index (χ3v) is 5.00. The summed E-state index contributed by atoms with van der Waals surface area (Å²) in [6, 6.07) is 12.9. The van der Waals surface area contributed by atoms with Crippen molar-refractivity contribution in [3.05, 3.63) is 65.5 Å². The molecule has 1 aliphatic heterocycles. The molecule has 2 aromatic rings. The molecule has 0 spiro atoms. The van der Waals surface area contributed by atoms with Gasteiger partial charge in [-0.1, -0.05) is 24.3 Å². The Morgan fingerprint density at radius 2 is 1.79 bits per heavy atom. The number of halogens is 1. The van der Waals surface area contributed by atoms with E-state index in [0.717, 1.165) is 0 Å². The van der Waals surface area contributed by atoms with Gasteiger partial charge in [0.25, 0.3) is 0 Å². The van der Waals surface area contributed by atoms with E-state index in [2.05, 4.69) is 5.32 Å². The van der Waals surface area contributed by atoms with Crippen LogP contribution in [0.5, 0.6) is 0 Å². The first-order valence-electron chi connectivity index (χ1n) is 9.36. The lowest BCUT2D eigenvalue weighted by Gasteiger charge is -2.31. The number of anilines is 1. The quantitative estimate of drug-likeness (QED) is 0.806. The van der Waals surface area contributed by atoms with Gasteiger partial charge in [-0.25, -0.2) is 4.39 Å². The number of carbonyl (C=O) groups excluding carboxylic acids is 3. The Morgan fingerprint density at radius 1 is 1.07 bits per heavy atom. The topological polar surface area (TPSA) is 66.5 Å². The fourth-order valence-corrected chi connectivity index (χ4v) is 3.38. The summed E-state index contributed by atoms with van der Waals surface area (Å²) in [6.45, 7) is 2.48. The van der Waals surface area contributed by atoms with Crippen molar-refractivity contribution in [1.82, 2.24) is 4.90 Å². The minimum Gasteiger partial charge on any atom is -0.342 e. The Bertz CT molecular complexity index is 889. The van der Waals surface area contributed by atoms with Gasteiger partial charge in [0.2, 0.25) is 11.8 Å². The summed E-state index contributed by atoms with van der Waals surface area (Å²) in [5.41, 5.74) is 1.80. The molecule has 5 nitrogen and oxygen atoms in total. The van der Waals surface area contributed by atoms with Crippen LogP contribution in [-0.4, -0.2) is 35.6 Å². The summed E-state index contributed by atoms with van der Waals surface area (Å²) >= 11 is 0. The Balaban J connectivity index is 1.51. The normalized spacial score (nSPS) is 14.6. The van der Waals surface area contributed by atoms with Crippen molar-refractivity contribution in [3.8, 4) is 0 Å². The highest BCUT2D eigenvalue weighted by Gasteiger charge is 2.27. The molecule has 146 valence electrons. The summed E-state index contributed by atoms with van der Waals surface area (Å²) in [5, 5.41) is 2.86. The van der Waals surface area contributed by atoms with E-state index < -0.39 is 0 Å². The predicted octanol–water partition coefficient (Wildman–Crippen LogP) is 3.45. The maximum absolute atomic E-state index is 13.3. The van der Waals surface area contributed by atoms with Crippen LogP contribution in [0, 0.1) is 11.7 Å². The van der Waals surface area contributed by atoms with E-state index in [4.69, 9.17) is 0 Å². The summed E-state index contributed by atoms with van der Waals surface area (Å²) < 4.78 is 13.3. The van der Waals surface area contributed by atoms with Crippen molar-refractivity contribution in [2.75, 3.05) is 18.4 Å². The second kappa shape index (κ2) is 8.78. The second-order valence-corrected chi connectivity index (χ2v) is 7.09. The van der Waals surface area contributed by atoms with Crippen molar-refractivity contribution in [2.45, 2.75) is 26.2 Å². The van der Waals surface area contributed by atoms with Gasteiger partial charge in [-0.05, 0) is 49.6 Å². The van der Waals surface area contributed by atoms with Gasteiger partial charge < -0.3 is 10.2 Å². The lowest BCUT2D eigenvalue weighted by atomic mass is 9.95. The van der Waals surface area contributed by atoms with Gasteiger partial charge in [0.05, 0.1) is 6.42 Å². The first kappa shape index (κ1) is 19.7. The van der Waals surface area contributed by atoms with E-state index in [1.807, 2.05) is 0 Å². The molecule has 2 amide bonds. The number of hydrogen-bond acceptors (Lipinski definition) is 3. The molecule has 1 saturated heterocycles. The van der Waals surface area contributed by atoms with E-state index in [1.165, 1.54) is 19.1 Å². The number of nitrogens with zero attached hydrogens (tertiary/aromatic N) is 1. The van der Waals surface area contributed by atoms with E-state index >= 15 is 0 Å². The number of rotatable bonds is 5. The lowest BCUT2D eigenvalue weighted by Crippen LogP contribution is -2.42. The summed E-state index contributed by atoms with van der Waals surface area (Å²) in [5.74, 6) is -0.744. The molecule has 0 radical (unpaired) electrons. The van der Waals surface area contributed by atoms with Crippen molar-refractivity contribution < 1.29 is 18.8 Å². The summed E-state index contributed by atoms with van der Waals surface area (Å²) in [7, 11) is 0. The summed E-state index contributed by atoms with van der Waals surface area (Å²) in [6.07, 6.45) is 1.31. The van der Waals surface area contributed by atoms with Crippen molar-refractivity contribution >= 4 is 23.3 Å². The minimum atomic E-state index is -0.352. The summed E-state index contributed by atoms with van der Waals surface area (Å²) in [4.78, 5) is 38.1. The van der Waals surface area contributed by atoms with Gasteiger partial charge >= 0.3 is 0 Å². The van der Waals surface area contributed by atoms with Crippen LogP contribution in [0.15, 0.2) is 48.5 Å². The number of carbonyl (C=O) groups is 3. The highest BCUT2D eigenvalue weighted by atomic mass is 19.1. The zero-order valence-electron chi connectivity index (χ0n) is 15.8. The van der Waals surface area contributed by atoms with Crippen LogP contribution in [0.25, 0.3) is 0 Å². The average molecular weight is 382 g/mol. The van der Waals surface area contributed by atoms with Gasteiger partial charge in [0, 0.05) is 30.3 Å². The first-order chi connectivity index (χ1) is 13.4. The molecule has 1 fully saturated rings.